The Morgan fingerprint density at radius 2 is 1.65 bits per heavy atom. The lowest BCUT2D eigenvalue weighted by Gasteiger charge is -2.30. The molecule has 0 bridgehead atoms. The second-order valence-corrected chi connectivity index (χ2v) is 7.70. The van der Waals surface area contributed by atoms with Gasteiger partial charge in [-0.2, -0.15) is 0 Å². The summed E-state index contributed by atoms with van der Waals surface area (Å²) >= 11 is 0. The quantitative estimate of drug-likeness (QED) is 0.811. The number of hydrogen-bond donors (Lipinski definition) is 0. The van der Waals surface area contributed by atoms with Crippen molar-refractivity contribution in [3.8, 4) is 5.75 Å². The van der Waals surface area contributed by atoms with Gasteiger partial charge in [0.2, 0.25) is 0 Å². The second-order valence-electron chi connectivity index (χ2n) is 5.89. The molecule has 2 aromatic rings. The Labute approximate surface area is 137 Å². The molecule has 1 unspecified atom stereocenters. The summed E-state index contributed by atoms with van der Waals surface area (Å²) in [5.74, 6) is 1.14. The highest BCUT2D eigenvalue weighted by molar-refractivity contribution is 7.92. The van der Waals surface area contributed by atoms with Crippen LogP contribution < -0.4 is 9.04 Å². The molecule has 0 saturated heterocycles. The summed E-state index contributed by atoms with van der Waals surface area (Å²) in [6, 6.07) is 15.7. The molecule has 0 spiro atoms. The first-order valence-corrected chi connectivity index (χ1v) is 9.21. The highest BCUT2D eigenvalue weighted by atomic mass is 32.2. The zero-order valence-electron chi connectivity index (χ0n) is 13.3. The normalized spacial score (nSPS) is 15.9. The fourth-order valence-corrected chi connectivity index (χ4v) is 4.54. The lowest BCUT2D eigenvalue weighted by atomic mass is 10.2. The summed E-state index contributed by atoms with van der Waals surface area (Å²) in [5.41, 5.74) is 0.675. The van der Waals surface area contributed by atoms with Gasteiger partial charge in [0, 0.05) is 6.04 Å². The van der Waals surface area contributed by atoms with E-state index in [0.29, 0.717) is 22.3 Å². The molecule has 0 radical (unpaired) electrons. The number of methoxy groups -OCH3 is 1. The molecule has 4 nitrogen and oxygen atoms in total. The summed E-state index contributed by atoms with van der Waals surface area (Å²) in [5, 5.41) is 0. The molecule has 0 heterocycles. The number of benzene rings is 2. The van der Waals surface area contributed by atoms with Gasteiger partial charge < -0.3 is 4.74 Å². The van der Waals surface area contributed by atoms with Crippen molar-refractivity contribution in [2.24, 2.45) is 5.92 Å². The molecule has 3 rings (SSSR count). The Morgan fingerprint density at radius 1 is 1.04 bits per heavy atom. The lowest BCUT2D eigenvalue weighted by molar-refractivity contribution is 0.415. The van der Waals surface area contributed by atoms with Gasteiger partial charge in [0.05, 0.1) is 17.7 Å². The van der Waals surface area contributed by atoms with E-state index in [1.54, 1.807) is 59.9 Å². The van der Waals surface area contributed by atoms with E-state index in [1.165, 1.54) is 0 Å². The van der Waals surface area contributed by atoms with Crippen molar-refractivity contribution in [2.45, 2.75) is 30.7 Å². The van der Waals surface area contributed by atoms with Crippen molar-refractivity contribution in [3.63, 3.8) is 0 Å². The van der Waals surface area contributed by atoms with Crippen molar-refractivity contribution >= 4 is 15.7 Å². The van der Waals surface area contributed by atoms with Crippen molar-refractivity contribution in [2.75, 3.05) is 11.4 Å². The van der Waals surface area contributed by atoms with E-state index in [2.05, 4.69) is 0 Å². The van der Waals surface area contributed by atoms with Gasteiger partial charge in [-0.3, -0.25) is 4.31 Å². The fourth-order valence-electron chi connectivity index (χ4n) is 2.80. The highest BCUT2D eigenvalue weighted by Gasteiger charge is 2.38. The van der Waals surface area contributed by atoms with E-state index in [4.69, 9.17) is 4.74 Å². The van der Waals surface area contributed by atoms with Gasteiger partial charge in [0.25, 0.3) is 10.0 Å². The second kappa shape index (κ2) is 6.24. The summed E-state index contributed by atoms with van der Waals surface area (Å²) in [4.78, 5) is 0.323. The first kappa shape index (κ1) is 15.9. The number of nitrogens with zero attached hydrogens (tertiary/aromatic N) is 1. The zero-order valence-corrected chi connectivity index (χ0v) is 14.2. The van der Waals surface area contributed by atoms with Crippen LogP contribution in [0.25, 0.3) is 0 Å². The average Bonchev–Trinajstić information content (AvgIpc) is 3.41. The van der Waals surface area contributed by atoms with Crippen LogP contribution in [0.4, 0.5) is 5.69 Å². The van der Waals surface area contributed by atoms with Crippen molar-refractivity contribution in [3.05, 3.63) is 54.6 Å². The Hall–Kier alpha value is -2.01. The molecule has 1 aliphatic carbocycles. The Bertz CT molecular complexity index is 753. The van der Waals surface area contributed by atoms with Gasteiger partial charge in [-0.25, -0.2) is 8.42 Å². The number of rotatable bonds is 6. The van der Waals surface area contributed by atoms with Crippen molar-refractivity contribution in [1.29, 1.82) is 0 Å². The number of hydrogen-bond acceptors (Lipinski definition) is 3. The van der Waals surface area contributed by atoms with Crippen LogP contribution >= 0.6 is 0 Å². The van der Waals surface area contributed by atoms with Crippen LogP contribution in [0.15, 0.2) is 59.5 Å². The first-order chi connectivity index (χ1) is 11.0. The van der Waals surface area contributed by atoms with Crippen LogP contribution in [0.1, 0.15) is 19.8 Å². The van der Waals surface area contributed by atoms with E-state index < -0.39 is 10.0 Å². The first-order valence-electron chi connectivity index (χ1n) is 7.77. The fraction of sp³-hybridized carbons (Fsp3) is 0.333. The maximum absolute atomic E-state index is 13.2. The molecule has 0 aliphatic heterocycles. The monoisotopic (exact) mass is 331 g/mol. The topological polar surface area (TPSA) is 46.6 Å². The third-order valence-electron chi connectivity index (χ3n) is 4.30. The Balaban J connectivity index is 2.04. The molecule has 0 N–H and O–H groups in total. The van der Waals surface area contributed by atoms with Crippen LogP contribution in [0, 0.1) is 5.92 Å². The SMILES string of the molecule is COc1ccc(N(C(C)C2CC2)S(=O)(=O)c2ccccc2)cc1. The van der Waals surface area contributed by atoms with Crippen molar-refractivity contribution < 1.29 is 13.2 Å². The molecular formula is C18H21NO3S. The molecule has 122 valence electrons. The van der Waals surface area contributed by atoms with Crippen LogP contribution in [0.2, 0.25) is 0 Å². The van der Waals surface area contributed by atoms with E-state index in [9.17, 15) is 8.42 Å². The van der Waals surface area contributed by atoms with Crippen LogP contribution in [-0.2, 0) is 10.0 Å². The Kier molecular flexibility index (Phi) is 4.31. The van der Waals surface area contributed by atoms with Crippen LogP contribution in [-0.4, -0.2) is 21.6 Å². The van der Waals surface area contributed by atoms with Gasteiger partial charge in [-0.1, -0.05) is 18.2 Å². The third kappa shape index (κ3) is 3.20. The zero-order chi connectivity index (χ0) is 16.4. The molecular weight excluding hydrogens is 310 g/mol. The molecule has 2 aromatic carbocycles. The summed E-state index contributed by atoms with van der Waals surface area (Å²) < 4.78 is 33.0. The van der Waals surface area contributed by atoms with Crippen LogP contribution in [0.5, 0.6) is 5.75 Å². The maximum atomic E-state index is 13.2. The molecule has 1 saturated carbocycles. The highest BCUT2D eigenvalue weighted by Crippen LogP contribution is 2.39. The number of ether oxygens (including phenoxy) is 1. The minimum atomic E-state index is -3.59. The van der Waals surface area contributed by atoms with Crippen LogP contribution in [0.3, 0.4) is 0 Å². The van der Waals surface area contributed by atoms with Gasteiger partial charge in [0.1, 0.15) is 5.75 Å². The van der Waals surface area contributed by atoms with Gasteiger partial charge in [-0.05, 0) is 62.1 Å². The van der Waals surface area contributed by atoms with Crippen molar-refractivity contribution in [1.82, 2.24) is 0 Å². The lowest BCUT2D eigenvalue weighted by Crippen LogP contribution is -2.40. The third-order valence-corrected chi connectivity index (χ3v) is 6.23. The minimum absolute atomic E-state index is 0.0615. The minimum Gasteiger partial charge on any atom is -0.497 e. The molecule has 0 aromatic heterocycles. The van der Waals surface area contributed by atoms with E-state index in [0.717, 1.165) is 12.8 Å². The number of sulfonamides is 1. The molecule has 1 aliphatic rings. The van der Waals surface area contributed by atoms with E-state index >= 15 is 0 Å². The summed E-state index contributed by atoms with van der Waals surface area (Å²) in [6.07, 6.45) is 2.16. The molecule has 5 heteroatoms. The van der Waals surface area contributed by atoms with Gasteiger partial charge >= 0.3 is 0 Å². The standard InChI is InChI=1S/C18H21NO3S/c1-14(15-8-9-15)19(16-10-12-17(22-2)13-11-16)23(20,21)18-6-4-3-5-7-18/h3-7,10-15H,8-9H2,1-2H3. The summed E-state index contributed by atoms with van der Waals surface area (Å²) in [6.45, 7) is 1.99. The van der Waals surface area contributed by atoms with Gasteiger partial charge in [0.15, 0.2) is 0 Å². The summed E-state index contributed by atoms with van der Waals surface area (Å²) in [7, 11) is -1.99. The Morgan fingerprint density at radius 3 is 2.17 bits per heavy atom. The molecule has 23 heavy (non-hydrogen) atoms. The predicted molar refractivity (Wildman–Crippen MR) is 91.3 cm³/mol. The predicted octanol–water partition coefficient (Wildman–Crippen LogP) is 3.69. The average molecular weight is 331 g/mol. The number of anilines is 1. The van der Waals surface area contributed by atoms with E-state index in [-0.39, 0.29) is 6.04 Å². The molecule has 1 atom stereocenters. The largest absolute Gasteiger partial charge is 0.497 e. The van der Waals surface area contributed by atoms with E-state index in [1.807, 2.05) is 13.0 Å². The maximum Gasteiger partial charge on any atom is 0.264 e. The smallest absolute Gasteiger partial charge is 0.264 e. The van der Waals surface area contributed by atoms with Gasteiger partial charge in [-0.15, -0.1) is 0 Å². The molecule has 0 amide bonds. The molecule has 1 fully saturated rings.